The fraction of sp³-hybridized carbons (Fsp3) is 0.516. The molecule has 40 heavy (non-hydrogen) atoms. The highest BCUT2D eigenvalue weighted by atomic mass is 19.1. The SMILES string of the molecule is Cc1ccc(CN2CC[C@H]([C@]3(c4ccc(OC(=O)[C@H](C)NC(=O)OC(C)(C)C)cc4)CCNC[C@H]3F)C2=O)cc1. The van der Waals surface area contributed by atoms with E-state index in [2.05, 4.69) is 10.6 Å². The number of halogens is 1. The Balaban J connectivity index is 1.48. The molecule has 0 aromatic heterocycles. The van der Waals surface area contributed by atoms with E-state index in [-0.39, 0.29) is 18.2 Å². The first-order valence-electron chi connectivity index (χ1n) is 13.9. The molecule has 2 N–H and O–H groups in total. The predicted octanol–water partition coefficient (Wildman–Crippen LogP) is 4.43. The molecule has 4 rings (SSSR count). The van der Waals surface area contributed by atoms with E-state index in [0.717, 1.165) is 16.7 Å². The third kappa shape index (κ3) is 6.63. The van der Waals surface area contributed by atoms with Crippen molar-refractivity contribution in [2.45, 2.75) is 77.2 Å². The minimum Gasteiger partial charge on any atom is -0.444 e. The lowest BCUT2D eigenvalue weighted by Gasteiger charge is -2.44. The number of hydrogen-bond acceptors (Lipinski definition) is 6. The highest BCUT2D eigenvalue weighted by Crippen LogP contribution is 2.47. The van der Waals surface area contributed by atoms with Crippen LogP contribution in [0.15, 0.2) is 48.5 Å². The van der Waals surface area contributed by atoms with E-state index in [1.54, 1.807) is 45.0 Å². The van der Waals surface area contributed by atoms with Crippen LogP contribution in [0.2, 0.25) is 0 Å². The summed E-state index contributed by atoms with van der Waals surface area (Å²) in [5, 5.41) is 5.58. The number of amides is 2. The molecule has 0 spiro atoms. The summed E-state index contributed by atoms with van der Waals surface area (Å²) in [4.78, 5) is 40.1. The van der Waals surface area contributed by atoms with E-state index in [4.69, 9.17) is 9.47 Å². The maximum atomic E-state index is 15.9. The quantitative estimate of drug-likeness (QED) is 0.389. The third-order valence-electron chi connectivity index (χ3n) is 7.71. The number of nitrogens with one attached hydrogen (secondary N) is 2. The molecule has 2 fully saturated rings. The fourth-order valence-corrected chi connectivity index (χ4v) is 5.65. The number of rotatable bonds is 7. The minimum absolute atomic E-state index is 0.0253. The van der Waals surface area contributed by atoms with Gasteiger partial charge in [-0.2, -0.15) is 0 Å². The number of carbonyl (C=O) groups excluding carboxylic acids is 3. The van der Waals surface area contributed by atoms with Crippen molar-refractivity contribution in [2.24, 2.45) is 5.92 Å². The summed E-state index contributed by atoms with van der Waals surface area (Å²) < 4.78 is 26.5. The molecule has 2 aromatic carbocycles. The molecule has 0 saturated carbocycles. The lowest BCUT2D eigenvalue weighted by Crippen LogP contribution is -2.55. The fourth-order valence-electron chi connectivity index (χ4n) is 5.65. The second kappa shape index (κ2) is 12.0. The van der Waals surface area contributed by atoms with Gasteiger partial charge in [0, 0.05) is 25.0 Å². The van der Waals surface area contributed by atoms with Crippen LogP contribution in [-0.4, -0.2) is 60.3 Å². The van der Waals surface area contributed by atoms with Crippen molar-refractivity contribution in [3.05, 3.63) is 65.2 Å². The molecule has 2 heterocycles. The average molecular weight is 554 g/mol. The Morgan fingerprint density at radius 2 is 1.82 bits per heavy atom. The Morgan fingerprint density at radius 1 is 1.15 bits per heavy atom. The number of piperidine rings is 1. The van der Waals surface area contributed by atoms with Gasteiger partial charge in [-0.25, -0.2) is 14.0 Å². The molecule has 0 unspecified atom stereocenters. The zero-order chi connectivity index (χ0) is 29.1. The molecule has 2 aliphatic rings. The monoisotopic (exact) mass is 553 g/mol. The first kappa shape index (κ1) is 29.5. The summed E-state index contributed by atoms with van der Waals surface area (Å²) in [5.74, 6) is -0.898. The van der Waals surface area contributed by atoms with Crippen LogP contribution in [0.1, 0.15) is 57.2 Å². The van der Waals surface area contributed by atoms with E-state index in [9.17, 15) is 14.4 Å². The maximum Gasteiger partial charge on any atom is 0.408 e. The van der Waals surface area contributed by atoms with Crippen molar-refractivity contribution in [2.75, 3.05) is 19.6 Å². The number of carbonyl (C=O) groups is 3. The summed E-state index contributed by atoms with van der Waals surface area (Å²) in [5.41, 5.74) is 1.26. The van der Waals surface area contributed by atoms with Crippen LogP contribution in [-0.2, 0) is 26.3 Å². The van der Waals surface area contributed by atoms with Gasteiger partial charge in [-0.05, 0) is 77.3 Å². The molecule has 9 heteroatoms. The molecular formula is C31H40FN3O5. The number of ether oxygens (including phenoxy) is 2. The first-order valence-corrected chi connectivity index (χ1v) is 13.9. The maximum absolute atomic E-state index is 15.9. The molecule has 8 nitrogen and oxygen atoms in total. The van der Waals surface area contributed by atoms with E-state index < -0.39 is 41.2 Å². The molecule has 0 bridgehead atoms. The number of nitrogens with zero attached hydrogens (tertiary/aromatic N) is 1. The van der Waals surface area contributed by atoms with Gasteiger partial charge in [-0.1, -0.05) is 42.0 Å². The van der Waals surface area contributed by atoms with Gasteiger partial charge in [0.05, 0.1) is 5.92 Å². The zero-order valence-electron chi connectivity index (χ0n) is 24.0. The molecule has 0 aliphatic carbocycles. The van der Waals surface area contributed by atoms with Gasteiger partial charge < -0.3 is 25.0 Å². The van der Waals surface area contributed by atoms with Crippen molar-refractivity contribution < 1.29 is 28.2 Å². The predicted molar refractivity (Wildman–Crippen MR) is 150 cm³/mol. The average Bonchev–Trinajstić information content (AvgIpc) is 3.25. The van der Waals surface area contributed by atoms with Crippen molar-refractivity contribution in [1.82, 2.24) is 15.5 Å². The second-order valence-electron chi connectivity index (χ2n) is 11.9. The number of hydrogen-bond donors (Lipinski definition) is 2. The Labute approximate surface area is 235 Å². The van der Waals surface area contributed by atoms with Crippen LogP contribution in [0.25, 0.3) is 0 Å². The lowest BCUT2D eigenvalue weighted by atomic mass is 9.63. The van der Waals surface area contributed by atoms with Crippen LogP contribution in [0.5, 0.6) is 5.75 Å². The van der Waals surface area contributed by atoms with Crippen LogP contribution in [0.3, 0.4) is 0 Å². The van der Waals surface area contributed by atoms with Crippen molar-refractivity contribution >= 4 is 18.0 Å². The molecule has 216 valence electrons. The van der Waals surface area contributed by atoms with Gasteiger partial charge in [0.25, 0.3) is 0 Å². The smallest absolute Gasteiger partial charge is 0.408 e. The molecule has 0 radical (unpaired) electrons. The minimum atomic E-state index is -1.25. The molecule has 2 aromatic rings. The lowest BCUT2D eigenvalue weighted by molar-refractivity contribution is -0.136. The Morgan fingerprint density at radius 3 is 2.45 bits per heavy atom. The number of aryl methyl sites for hydroxylation is 1. The van der Waals surface area contributed by atoms with Crippen molar-refractivity contribution in [1.29, 1.82) is 0 Å². The summed E-state index contributed by atoms with van der Waals surface area (Å²) in [6, 6.07) is 13.9. The van der Waals surface area contributed by atoms with Gasteiger partial charge in [0.15, 0.2) is 0 Å². The van der Waals surface area contributed by atoms with Crippen LogP contribution in [0.4, 0.5) is 9.18 Å². The van der Waals surface area contributed by atoms with E-state index in [0.29, 0.717) is 32.5 Å². The number of esters is 1. The topological polar surface area (TPSA) is 97.0 Å². The van der Waals surface area contributed by atoms with Gasteiger partial charge in [0.2, 0.25) is 5.91 Å². The molecule has 2 amide bonds. The van der Waals surface area contributed by atoms with Crippen molar-refractivity contribution in [3.63, 3.8) is 0 Å². The van der Waals surface area contributed by atoms with Gasteiger partial charge in [-0.15, -0.1) is 0 Å². The summed E-state index contributed by atoms with van der Waals surface area (Å²) >= 11 is 0. The second-order valence-corrected chi connectivity index (χ2v) is 11.9. The number of alkyl halides is 1. The number of likely N-dealkylation sites (tertiary alicyclic amines) is 1. The summed E-state index contributed by atoms with van der Waals surface area (Å²) in [6.45, 7) is 10.6. The molecule has 2 aliphatic heterocycles. The van der Waals surface area contributed by atoms with Gasteiger partial charge >= 0.3 is 12.1 Å². The summed E-state index contributed by atoms with van der Waals surface area (Å²) in [6.07, 6.45) is -0.901. The van der Waals surface area contributed by atoms with E-state index >= 15 is 4.39 Å². The largest absolute Gasteiger partial charge is 0.444 e. The molecule has 4 atom stereocenters. The highest BCUT2D eigenvalue weighted by Gasteiger charge is 2.54. The van der Waals surface area contributed by atoms with Crippen molar-refractivity contribution in [3.8, 4) is 5.75 Å². The standard InChI is InChI=1S/C31H40FN3O5/c1-20-6-8-22(9-7-20)19-35-17-14-25(27(35)36)31(15-16-33-18-26(31)32)23-10-12-24(13-11-23)39-28(37)21(2)34-29(38)40-30(3,4)5/h6-13,21,25-26,33H,14-19H2,1-5H3,(H,34,38)/t21-,25-,26+,31+/m0/s1. The van der Waals surface area contributed by atoms with Crippen LogP contribution in [0, 0.1) is 12.8 Å². The summed E-state index contributed by atoms with van der Waals surface area (Å²) in [7, 11) is 0. The number of alkyl carbamates (subject to hydrolysis) is 1. The first-order chi connectivity index (χ1) is 18.9. The Bertz CT molecular complexity index is 1210. The third-order valence-corrected chi connectivity index (χ3v) is 7.71. The van der Waals surface area contributed by atoms with Gasteiger partial charge in [-0.3, -0.25) is 4.79 Å². The van der Waals surface area contributed by atoms with E-state index in [1.807, 2.05) is 36.1 Å². The van der Waals surface area contributed by atoms with Crippen LogP contribution < -0.4 is 15.4 Å². The van der Waals surface area contributed by atoms with Gasteiger partial charge in [0.1, 0.15) is 23.6 Å². The normalized spacial score (nSPS) is 23.9. The molecular weight excluding hydrogens is 513 g/mol. The Kier molecular flexibility index (Phi) is 8.83. The number of benzene rings is 2. The Hall–Kier alpha value is -3.46. The van der Waals surface area contributed by atoms with E-state index in [1.165, 1.54) is 6.92 Å². The zero-order valence-corrected chi connectivity index (χ0v) is 24.0. The molecule has 2 saturated heterocycles. The van der Waals surface area contributed by atoms with Crippen LogP contribution >= 0.6 is 0 Å². The highest BCUT2D eigenvalue weighted by molar-refractivity contribution is 5.83.